The van der Waals surface area contributed by atoms with Crippen molar-refractivity contribution in [1.82, 2.24) is 14.2 Å². The van der Waals surface area contributed by atoms with Crippen LogP contribution in [0.1, 0.15) is 46.8 Å². The van der Waals surface area contributed by atoms with Gasteiger partial charge in [0.1, 0.15) is 32.1 Å². The Morgan fingerprint density at radius 1 is 1.50 bits per heavy atom. The molecule has 2 heterocycles. The maximum atomic E-state index is 12.2. The molecule has 0 aliphatic carbocycles. The van der Waals surface area contributed by atoms with Gasteiger partial charge in [0.25, 0.3) is 0 Å². The molecule has 1 aliphatic heterocycles. The molecule has 1 aromatic rings. The normalized spacial score (nSPS) is 25.2. The lowest BCUT2D eigenvalue weighted by molar-refractivity contribution is -0.0747. The Morgan fingerprint density at radius 3 is 2.70 bits per heavy atom. The number of nitrogens with zero attached hydrogens (tertiary/aromatic N) is 4. The van der Waals surface area contributed by atoms with Crippen LogP contribution in [-0.4, -0.2) is 67.6 Å². The highest BCUT2D eigenvalue weighted by atomic mass is 31.2. The van der Waals surface area contributed by atoms with Crippen LogP contribution in [-0.2, 0) is 9.26 Å². The Kier molecular flexibility index (Phi) is 8.73. The fourth-order valence-electron chi connectivity index (χ4n) is 3.72. The van der Waals surface area contributed by atoms with Gasteiger partial charge in [-0.05, 0) is 33.8 Å². The molecule has 10 nitrogen and oxygen atoms in total. The second-order valence-corrected chi connectivity index (χ2v) is 9.67. The zero-order valence-electron chi connectivity index (χ0n) is 17.9. The minimum Gasteiger partial charge on any atom is -0.394 e. The van der Waals surface area contributed by atoms with E-state index in [0.717, 1.165) is 0 Å². The number of nitrogens with two attached hydrogens (primary N) is 1. The Morgan fingerprint density at radius 2 is 2.17 bits per heavy atom. The second-order valence-electron chi connectivity index (χ2n) is 7.93. The lowest BCUT2D eigenvalue weighted by atomic mass is 9.98. The van der Waals surface area contributed by atoms with E-state index in [-0.39, 0.29) is 43.5 Å². The van der Waals surface area contributed by atoms with Gasteiger partial charge in [-0.2, -0.15) is 10.2 Å². The highest BCUT2D eigenvalue weighted by Crippen LogP contribution is 2.51. The van der Waals surface area contributed by atoms with Crippen molar-refractivity contribution in [2.45, 2.75) is 70.6 Å². The van der Waals surface area contributed by atoms with E-state index in [1.165, 1.54) is 16.8 Å². The summed E-state index contributed by atoms with van der Waals surface area (Å²) in [5.41, 5.74) is 3.55. The van der Waals surface area contributed by atoms with E-state index in [2.05, 4.69) is 15.7 Å². The van der Waals surface area contributed by atoms with Crippen LogP contribution in [0.4, 0.5) is 5.82 Å². The van der Waals surface area contributed by atoms with Crippen molar-refractivity contribution in [3.63, 3.8) is 0 Å². The molecule has 1 saturated heterocycles. The van der Waals surface area contributed by atoms with Gasteiger partial charge in [0.05, 0.1) is 25.7 Å². The summed E-state index contributed by atoms with van der Waals surface area (Å²) in [4.78, 5) is 15.9. The molecule has 0 saturated carbocycles. The average molecular weight is 441 g/mol. The van der Waals surface area contributed by atoms with Crippen LogP contribution in [0.15, 0.2) is 17.1 Å². The number of aliphatic hydroxyl groups is 2. The summed E-state index contributed by atoms with van der Waals surface area (Å²) in [6, 6.07) is 3.85. The van der Waals surface area contributed by atoms with Crippen LogP contribution in [0.25, 0.3) is 0 Å². The molecule has 30 heavy (non-hydrogen) atoms. The zero-order valence-corrected chi connectivity index (χ0v) is 18.8. The van der Waals surface area contributed by atoms with Crippen molar-refractivity contribution >= 4 is 14.1 Å². The molecule has 1 aromatic heterocycles. The number of ether oxygens (including phenoxy) is 1. The fraction of sp³-hybridized carbons (Fsp3) is 0.737. The summed E-state index contributed by atoms with van der Waals surface area (Å²) >= 11 is 0. The van der Waals surface area contributed by atoms with Gasteiger partial charge in [0.15, 0.2) is 0 Å². The quantitative estimate of drug-likeness (QED) is 0.360. The third-order valence-electron chi connectivity index (χ3n) is 4.96. The number of anilines is 1. The van der Waals surface area contributed by atoms with E-state index in [9.17, 15) is 15.0 Å². The van der Waals surface area contributed by atoms with Crippen LogP contribution >= 0.6 is 8.30 Å². The van der Waals surface area contributed by atoms with E-state index < -0.39 is 38.5 Å². The maximum Gasteiger partial charge on any atom is 0.351 e. The summed E-state index contributed by atoms with van der Waals surface area (Å²) in [6.07, 6.45) is 0.344. The highest BCUT2D eigenvalue weighted by Gasteiger charge is 2.50. The smallest absolute Gasteiger partial charge is 0.351 e. The van der Waals surface area contributed by atoms with Gasteiger partial charge in [-0.3, -0.25) is 9.24 Å². The Bertz CT molecular complexity index is 790. The summed E-state index contributed by atoms with van der Waals surface area (Å²) in [7, 11) is -1.29. The van der Waals surface area contributed by atoms with Crippen molar-refractivity contribution in [3.05, 3.63) is 22.7 Å². The van der Waals surface area contributed by atoms with Gasteiger partial charge in [-0.15, -0.1) is 0 Å². The minimum absolute atomic E-state index is 0.0915. The van der Waals surface area contributed by atoms with E-state index in [4.69, 9.17) is 20.3 Å². The third-order valence-corrected chi connectivity index (χ3v) is 7.69. The first-order valence-corrected chi connectivity index (χ1v) is 11.4. The van der Waals surface area contributed by atoms with E-state index in [1.54, 1.807) is 0 Å². The maximum absolute atomic E-state index is 12.2. The fourth-order valence-corrected chi connectivity index (χ4v) is 6.24. The molecule has 2 rings (SSSR count). The lowest BCUT2D eigenvalue weighted by Crippen LogP contribution is -2.46. The molecule has 11 heteroatoms. The predicted molar refractivity (Wildman–Crippen MR) is 114 cm³/mol. The number of nitriles is 1. The van der Waals surface area contributed by atoms with Gasteiger partial charge in [0.2, 0.25) is 0 Å². The van der Waals surface area contributed by atoms with Gasteiger partial charge in [0, 0.05) is 30.9 Å². The van der Waals surface area contributed by atoms with E-state index in [0.29, 0.717) is 0 Å². The molecule has 4 atom stereocenters. The number of aromatic nitrogens is 2. The van der Waals surface area contributed by atoms with Gasteiger partial charge >= 0.3 is 5.69 Å². The number of nitrogen functional groups attached to an aromatic ring is 1. The van der Waals surface area contributed by atoms with E-state index in [1.807, 2.05) is 27.7 Å². The van der Waals surface area contributed by atoms with Crippen LogP contribution in [0, 0.1) is 11.3 Å². The van der Waals surface area contributed by atoms with Crippen molar-refractivity contribution in [2.75, 3.05) is 25.1 Å². The average Bonchev–Trinajstić information content (AvgIpc) is 2.97. The molecule has 0 amide bonds. The zero-order chi connectivity index (χ0) is 22.5. The van der Waals surface area contributed by atoms with Gasteiger partial charge in [-0.25, -0.2) is 4.79 Å². The highest BCUT2D eigenvalue weighted by molar-refractivity contribution is 7.50. The molecule has 0 spiro atoms. The van der Waals surface area contributed by atoms with Crippen molar-refractivity contribution < 1.29 is 19.5 Å². The molecule has 0 radical (unpaired) electrons. The predicted octanol–water partition coefficient (Wildman–Crippen LogP) is 1.20. The lowest BCUT2D eigenvalue weighted by Gasteiger charge is -2.40. The van der Waals surface area contributed by atoms with Crippen molar-refractivity contribution in [3.8, 4) is 6.07 Å². The van der Waals surface area contributed by atoms with Crippen LogP contribution in [0.2, 0.25) is 0 Å². The second kappa shape index (κ2) is 10.6. The number of hydrogen-bond donors (Lipinski definition) is 3. The molecular weight excluding hydrogens is 409 g/mol. The first-order valence-electron chi connectivity index (χ1n) is 10.0. The molecule has 0 aromatic carbocycles. The number of aliphatic hydroxyl groups excluding tert-OH is 1. The van der Waals surface area contributed by atoms with Crippen LogP contribution < -0.4 is 11.4 Å². The molecule has 1 unspecified atom stereocenters. The molecule has 1 aliphatic rings. The third kappa shape index (κ3) is 5.76. The summed E-state index contributed by atoms with van der Waals surface area (Å²) in [6.45, 7) is 8.03. The summed E-state index contributed by atoms with van der Waals surface area (Å²) in [5.74, 6) is 0.0992. The molecule has 168 valence electrons. The Hall–Kier alpha value is -1.60. The van der Waals surface area contributed by atoms with Crippen LogP contribution in [0.3, 0.4) is 0 Å². The molecule has 0 bridgehead atoms. The molecular formula is C19H32N5O5P. The van der Waals surface area contributed by atoms with Crippen molar-refractivity contribution in [1.29, 1.82) is 5.26 Å². The minimum atomic E-state index is -1.42. The number of hydrogen-bond acceptors (Lipinski definition) is 9. The van der Waals surface area contributed by atoms with Gasteiger partial charge < -0.3 is 25.2 Å². The monoisotopic (exact) mass is 441 g/mol. The summed E-state index contributed by atoms with van der Waals surface area (Å²) < 4.78 is 15.3. The largest absolute Gasteiger partial charge is 0.394 e. The SMILES string of the molecule is CC(C)N(C(C)C)P(C[C@]1(O)C[C@H](n2ccc(N)nc2=O)O[C@@H]1CO)OCCC#N. The number of rotatable bonds is 10. The topological polar surface area (TPSA) is 147 Å². The van der Waals surface area contributed by atoms with Crippen molar-refractivity contribution in [2.24, 2.45) is 0 Å². The Labute approximate surface area is 178 Å². The Balaban J connectivity index is 2.29. The first kappa shape index (κ1) is 24.7. The van der Waals surface area contributed by atoms with E-state index >= 15 is 0 Å². The standard InChI is InChI=1S/C19H32N5O5P/c1-13(2)24(14(3)4)30(28-9-5-7-20)12-19(27)10-17(29-15(19)11-25)23-8-6-16(21)22-18(23)26/h6,8,13-15,17,25,27H,5,9-12H2,1-4H3,(H2,21,22,26)/t15-,17-,19-,30?/m1/s1. The molecule has 4 N–H and O–H groups in total. The first-order chi connectivity index (χ1) is 14.1. The van der Waals surface area contributed by atoms with Crippen LogP contribution in [0.5, 0.6) is 0 Å². The molecule has 1 fully saturated rings. The summed E-state index contributed by atoms with van der Waals surface area (Å²) in [5, 5.41) is 30.2. The van der Waals surface area contributed by atoms with Gasteiger partial charge in [-0.1, -0.05) is 0 Å².